The van der Waals surface area contributed by atoms with Gasteiger partial charge in [-0.05, 0) is 6.42 Å². The second kappa shape index (κ2) is 8.34. The number of carbonyl (C=O) groups is 2. The molecule has 4 N–H and O–H groups in total. The number of nitrogens with one attached hydrogen (secondary N) is 4. The summed E-state index contributed by atoms with van der Waals surface area (Å²) in [5.41, 5.74) is -8.06. The SMILES string of the molecule is CCCCn1c2c(c(=O)[nH]c1=O)C(NS(=O)(=O)c1nnc(NC(C)=O)s1)(C(F)(F)F)C(=O)N2. The lowest BCUT2D eigenvalue weighted by Crippen LogP contribution is -2.61. The van der Waals surface area contributed by atoms with Crippen molar-refractivity contribution >= 4 is 44.1 Å². The lowest BCUT2D eigenvalue weighted by molar-refractivity contribution is -0.194. The summed E-state index contributed by atoms with van der Waals surface area (Å²) < 4.78 is 69.4. The molecule has 3 heterocycles. The lowest BCUT2D eigenvalue weighted by atomic mass is 9.94. The number of aromatic amines is 1. The highest BCUT2D eigenvalue weighted by Crippen LogP contribution is 2.46. The van der Waals surface area contributed by atoms with Gasteiger partial charge in [-0.1, -0.05) is 24.7 Å². The highest BCUT2D eigenvalue weighted by atomic mass is 32.2. The summed E-state index contributed by atoms with van der Waals surface area (Å²) in [6.07, 6.45) is -4.81. The topological polar surface area (TPSA) is 185 Å². The monoisotopic (exact) mass is 511 g/mol. The van der Waals surface area contributed by atoms with Crippen LogP contribution in [0.15, 0.2) is 13.9 Å². The zero-order valence-electron chi connectivity index (χ0n) is 16.9. The number of fused-ring (bicyclic) bond motifs is 1. The first kappa shape index (κ1) is 24.5. The van der Waals surface area contributed by atoms with Gasteiger partial charge in [-0.25, -0.2) is 13.2 Å². The fourth-order valence-corrected chi connectivity index (χ4v) is 5.36. The number of alkyl halides is 3. The smallest absolute Gasteiger partial charge is 0.309 e. The summed E-state index contributed by atoms with van der Waals surface area (Å²) in [5, 5.41) is 10.2. The number of rotatable bonds is 7. The Hall–Kier alpha value is -3.12. The standard InChI is InChI=1S/C15H16F3N7O6S2/c1-3-4-5-25-8-7(9(27)21-12(25)29)14(10(28)20-8,15(16,17)18)24-33(30,31)13-23-22-11(32-13)19-6(2)26/h24H,3-5H2,1-2H3,(H,20,28)(H,19,22,26)(H,21,27,29). The van der Waals surface area contributed by atoms with Crippen molar-refractivity contribution in [2.75, 3.05) is 10.6 Å². The van der Waals surface area contributed by atoms with Crippen molar-refractivity contribution in [3.05, 3.63) is 26.4 Å². The molecule has 2 aromatic rings. The number of carbonyl (C=O) groups excluding carboxylic acids is 2. The van der Waals surface area contributed by atoms with E-state index in [1.54, 1.807) is 11.9 Å². The number of anilines is 2. The van der Waals surface area contributed by atoms with Crippen molar-refractivity contribution in [3.63, 3.8) is 0 Å². The Bertz CT molecular complexity index is 1350. The molecule has 0 radical (unpaired) electrons. The van der Waals surface area contributed by atoms with Crippen molar-refractivity contribution in [1.29, 1.82) is 0 Å². The average molecular weight is 511 g/mol. The molecule has 0 bridgehead atoms. The number of H-pyrrole nitrogens is 1. The Balaban J connectivity index is 2.21. The van der Waals surface area contributed by atoms with Crippen LogP contribution in [0.3, 0.4) is 0 Å². The quantitative estimate of drug-likeness (QED) is 0.369. The van der Waals surface area contributed by atoms with E-state index < -0.39 is 60.5 Å². The van der Waals surface area contributed by atoms with E-state index in [1.807, 2.05) is 5.32 Å². The summed E-state index contributed by atoms with van der Waals surface area (Å²) >= 11 is 0.219. The number of amides is 2. The van der Waals surface area contributed by atoms with Crippen molar-refractivity contribution in [2.45, 2.75) is 49.3 Å². The lowest BCUT2D eigenvalue weighted by Gasteiger charge is -2.29. The predicted octanol–water partition coefficient (Wildman–Crippen LogP) is -0.165. The Labute approximate surface area is 186 Å². The predicted molar refractivity (Wildman–Crippen MR) is 107 cm³/mol. The highest BCUT2D eigenvalue weighted by Gasteiger charge is 2.69. The van der Waals surface area contributed by atoms with Crippen LogP contribution in [0.1, 0.15) is 32.3 Å². The highest BCUT2D eigenvalue weighted by molar-refractivity contribution is 7.91. The van der Waals surface area contributed by atoms with Crippen LogP contribution in [0.5, 0.6) is 0 Å². The van der Waals surface area contributed by atoms with Gasteiger partial charge in [-0.15, -0.1) is 10.2 Å². The molecule has 13 nitrogen and oxygen atoms in total. The summed E-state index contributed by atoms with van der Waals surface area (Å²) in [6.45, 7) is 2.67. The molecule has 0 spiro atoms. The summed E-state index contributed by atoms with van der Waals surface area (Å²) in [4.78, 5) is 50.0. The van der Waals surface area contributed by atoms with E-state index >= 15 is 0 Å². The van der Waals surface area contributed by atoms with Crippen LogP contribution in [-0.4, -0.2) is 46.2 Å². The van der Waals surface area contributed by atoms with E-state index in [0.29, 0.717) is 12.8 Å². The van der Waals surface area contributed by atoms with E-state index in [4.69, 9.17) is 0 Å². The molecule has 1 aliphatic rings. The molecule has 0 aliphatic carbocycles. The maximum atomic E-state index is 14.3. The van der Waals surface area contributed by atoms with Gasteiger partial charge >= 0.3 is 11.9 Å². The molecule has 18 heteroatoms. The van der Waals surface area contributed by atoms with Crippen LogP contribution in [0, 0.1) is 0 Å². The number of hydrogen-bond acceptors (Lipinski definition) is 9. The minimum Gasteiger partial charge on any atom is -0.309 e. The molecule has 33 heavy (non-hydrogen) atoms. The van der Waals surface area contributed by atoms with Gasteiger partial charge in [0.2, 0.25) is 20.9 Å². The Morgan fingerprint density at radius 1 is 1.24 bits per heavy atom. The van der Waals surface area contributed by atoms with Crippen LogP contribution in [0.2, 0.25) is 0 Å². The Kier molecular flexibility index (Phi) is 6.20. The molecule has 0 fully saturated rings. The third-order valence-electron chi connectivity index (χ3n) is 4.51. The van der Waals surface area contributed by atoms with Crippen molar-refractivity contribution in [1.82, 2.24) is 24.5 Å². The molecule has 1 unspecified atom stereocenters. The third-order valence-corrected chi connectivity index (χ3v) is 7.17. The van der Waals surface area contributed by atoms with Crippen LogP contribution < -0.4 is 26.6 Å². The van der Waals surface area contributed by atoms with Gasteiger partial charge in [-0.2, -0.15) is 17.9 Å². The Morgan fingerprint density at radius 2 is 1.91 bits per heavy atom. The van der Waals surface area contributed by atoms with Gasteiger partial charge in [0.1, 0.15) is 5.82 Å². The van der Waals surface area contributed by atoms with Crippen LogP contribution >= 0.6 is 11.3 Å². The van der Waals surface area contributed by atoms with Crippen LogP contribution in [0.4, 0.5) is 24.1 Å². The number of halogens is 3. The minimum absolute atomic E-state index is 0.147. The third kappa shape index (κ3) is 4.15. The van der Waals surface area contributed by atoms with E-state index in [-0.39, 0.29) is 23.0 Å². The number of unbranched alkanes of at least 4 members (excludes halogenated alkanes) is 1. The number of aromatic nitrogens is 4. The molecular weight excluding hydrogens is 495 g/mol. The molecule has 0 saturated carbocycles. The zero-order chi connectivity index (χ0) is 24.8. The molecule has 180 valence electrons. The number of sulfonamides is 1. The van der Waals surface area contributed by atoms with Gasteiger partial charge in [0.05, 0.1) is 5.56 Å². The summed E-state index contributed by atoms with van der Waals surface area (Å²) in [7, 11) is -5.21. The van der Waals surface area contributed by atoms with Crippen LogP contribution in [-0.2, 0) is 31.7 Å². The van der Waals surface area contributed by atoms with Crippen molar-refractivity contribution < 1.29 is 31.2 Å². The van der Waals surface area contributed by atoms with E-state index in [0.717, 1.165) is 11.5 Å². The van der Waals surface area contributed by atoms with Crippen LogP contribution in [0.25, 0.3) is 0 Å². The van der Waals surface area contributed by atoms with Gasteiger partial charge < -0.3 is 10.6 Å². The molecule has 2 amide bonds. The zero-order valence-corrected chi connectivity index (χ0v) is 18.5. The summed E-state index contributed by atoms with van der Waals surface area (Å²) in [6, 6.07) is 0. The second-order valence-electron chi connectivity index (χ2n) is 6.85. The fraction of sp³-hybridized carbons (Fsp3) is 0.467. The minimum atomic E-state index is -5.65. The first-order chi connectivity index (χ1) is 15.2. The Morgan fingerprint density at radius 3 is 2.48 bits per heavy atom. The molecule has 0 aromatic carbocycles. The molecule has 1 atom stereocenters. The summed E-state index contributed by atoms with van der Waals surface area (Å²) in [5.74, 6) is -3.34. The molecule has 0 saturated heterocycles. The average Bonchev–Trinajstić information content (AvgIpc) is 3.24. The van der Waals surface area contributed by atoms with E-state index in [9.17, 15) is 40.8 Å². The number of hydrogen-bond donors (Lipinski definition) is 4. The maximum absolute atomic E-state index is 14.3. The van der Waals surface area contributed by atoms with Gasteiger partial charge in [0.15, 0.2) is 0 Å². The van der Waals surface area contributed by atoms with Gasteiger partial charge in [0.25, 0.3) is 21.5 Å². The van der Waals surface area contributed by atoms with Gasteiger partial charge in [-0.3, -0.25) is 23.9 Å². The molecule has 2 aromatic heterocycles. The molecular formula is C15H16F3N7O6S2. The first-order valence-electron chi connectivity index (χ1n) is 9.15. The fourth-order valence-electron chi connectivity index (χ4n) is 3.08. The van der Waals surface area contributed by atoms with Crippen molar-refractivity contribution in [3.8, 4) is 0 Å². The normalized spacial score (nSPS) is 18.2. The van der Waals surface area contributed by atoms with Gasteiger partial charge in [0, 0.05) is 13.5 Å². The maximum Gasteiger partial charge on any atom is 0.421 e. The largest absolute Gasteiger partial charge is 0.421 e. The number of nitrogens with zero attached hydrogens (tertiary/aromatic N) is 3. The van der Waals surface area contributed by atoms with E-state index in [1.165, 1.54) is 4.72 Å². The molecule has 1 aliphatic heterocycles. The van der Waals surface area contributed by atoms with E-state index in [2.05, 4.69) is 15.5 Å². The molecule has 3 rings (SSSR count). The first-order valence-corrected chi connectivity index (χ1v) is 11.5. The van der Waals surface area contributed by atoms with Crippen molar-refractivity contribution in [2.24, 2.45) is 0 Å². The second-order valence-corrected chi connectivity index (χ2v) is 9.68.